The van der Waals surface area contributed by atoms with E-state index in [1.807, 2.05) is 17.7 Å². The Bertz CT molecular complexity index is 526. The van der Waals surface area contributed by atoms with Crippen molar-refractivity contribution in [1.29, 1.82) is 0 Å². The predicted octanol–water partition coefficient (Wildman–Crippen LogP) is 2.13. The molecule has 0 amide bonds. The minimum Gasteiger partial charge on any atom is -0.381 e. The highest BCUT2D eigenvalue weighted by Gasteiger charge is 2.28. The Hall–Kier alpha value is -1.27. The Morgan fingerprint density at radius 1 is 1.44 bits per heavy atom. The van der Waals surface area contributed by atoms with Gasteiger partial charge in [0.1, 0.15) is 6.10 Å². The summed E-state index contributed by atoms with van der Waals surface area (Å²) in [5.74, 6) is 0. The van der Waals surface area contributed by atoms with Crippen molar-refractivity contribution in [3.8, 4) is 0 Å². The largest absolute Gasteiger partial charge is 0.381 e. The molecule has 0 spiro atoms. The number of nitrogens with zero attached hydrogens (tertiary/aromatic N) is 4. The molecule has 0 aliphatic heterocycles. The number of aromatic nitrogens is 4. The van der Waals surface area contributed by atoms with E-state index < -0.39 is 6.10 Å². The van der Waals surface area contributed by atoms with E-state index in [9.17, 15) is 5.11 Å². The molecular weight excluding hydrogens is 248 g/mol. The normalized spacial score (nSPS) is 13.8. The van der Waals surface area contributed by atoms with E-state index in [0.29, 0.717) is 5.69 Å². The van der Waals surface area contributed by atoms with Crippen LogP contribution in [0.25, 0.3) is 0 Å². The molecular formula is C12H18N4OS. The molecule has 1 unspecified atom stereocenters. The van der Waals surface area contributed by atoms with E-state index in [0.717, 1.165) is 17.1 Å². The lowest BCUT2D eigenvalue weighted by molar-refractivity contribution is 0.216. The second-order valence-corrected chi connectivity index (χ2v) is 6.05. The minimum absolute atomic E-state index is 0.128. The Morgan fingerprint density at radius 3 is 2.72 bits per heavy atom. The summed E-state index contributed by atoms with van der Waals surface area (Å²) < 4.78 is 5.89. The van der Waals surface area contributed by atoms with Crippen LogP contribution < -0.4 is 0 Å². The summed E-state index contributed by atoms with van der Waals surface area (Å²) in [6.45, 7) is 9.05. The van der Waals surface area contributed by atoms with Gasteiger partial charge in [0.2, 0.25) is 0 Å². The molecule has 1 atom stereocenters. The first-order valence-corrected chi connectivity index (χ1v) is 6.73. The monoisotopic (exact) mass is 266 g/mol. The van der Waals surface area contributed by atoms with Gasteiger partial charge in [-0.05, 0) is 18.5 Å². The molecule has 0 fully saturated rings. The van der Waals surface area contributed by atoms with Gasteiger partial charge >= 0.3 is 0 Å². The van der Waals surface area contributed by atoms with Gasteiger partial charge in [-0.15, -0.1) is 5.10 Å². The molecule has 2 rings (SSSR count). The summed E-state index contributed by atoms with van der Waals surface area (Å²) in [6.07, 6.45) is 2.84. The highest BCUT2D eigenvalue weighted by atomic mass is 32.1. The van der Waals surface area contributed by atoms with Crippen LogP contribution in [-0.2, 0) is 12.0 Å². The zero-order valence-corrected chi connectivity index (χ0v) is 11.9. The van der Waals surface area contributed by atoms with Crippen LogP contribution in [0.1, 0.15) is 50.1 Å². The summed E-state index contributed by atoms with van der Waals surface area (Å²) in [7, 11) is 0. The topological polar surface area (TPSA) is 63.8 Å². The highest BCUT2D eigenvalue weighted by Crippen LogP contribution is 2.32. The van der Waals surface area contributed by atoms with E-state index >= 15 is 0 Å². The third-order valence-corrected chi connectivity index (χ3v) is 3.55. The van der Waals surface area contributed by atoms with Gasteiger partial charge < -0.3 is 9.67 Å². The van der Waals surface area contributed by atoms with Crippen molar-refractivity contribution in [2.75, 3.05) is 0 Å². The number of rotatable bonds is 3. The summed E-state index contributed by atoms with van der Waals surface area (Å²) in [6, 6.07) is 0. The predicted molar refractivity (Wildman–Crippen MR) is 70.6 cm³/mol. The minimum atomic E-state index is -0.743. The lowest BCUT2D eigenvalue weighted by atomic mass is 9.90. The van der Waals surface area contributed by atoms with Crippen LogP contribution >= 0.6 is 11.5 Å². The van der Waals surface area contributed by atoms with Crippen molar-refractivity contribution in [1.82, 2.24) is 19.1 Å². The van der Waals surface area contributed by atoms with Crippen molar-refractivity contribution >= 4 is 11.5 Å². The van der Waals surface area contributed by atoms with Crippen LogP contribution in [0.3, 0.4) is 0 Å². The van der Waals surface area contributed by atoms with E-state index in [4.69, 9.17) is 0 Å². The molecule has 0 aromatic carbocycles. The fourth-order valence-electron chi connectivity index (χ4n) is 1.72. The number of aliphatic hydroxyl groups excluding tert-OH is 1. The fraction of sp³-hybridized carbons (Fsp3) is 0.583. The van der Waals surface area contributed by atoms with Gasteiger partial charge in [-0.25, -0.2) is 4.98 Å². The van der Waals surface area contributed by atoms with E-state index in [2.05, 4.69) is 35.3 Å². The zero-order valence-electron chi connectivity index (χ0n) is 11.1. The molecule has 2 aromatic heterocycles. The Labute approximate surface area is 111 Å². The third kappa shape index (κ3) is 2.44. The third-order valence-electron chi connectivity index (χ3n) is 2.77. The maximum atomic E-state index is 10.4. The lowest BCUT2D eigenvalue weighted by Crippen LogP contribution is -2.16. The van der Waals surface area contributed by atoms with Crippen molar-refractivity contribution < 1.29 is 5.11 Å². The molecule has 1 N–H and O–H groups in total. The van der Waals surface area contributed by atoms with Gasteiger partial charge in [0.25, 0.3) is 0 Å². The summed E-state index contributed by atoms with van der Waals surface area (Å²) in [5.41, 5.74) is 1.36. The van der Waals surface area contributed by atoms with Crippen molar-refractivity contribution in [2.24, 2.45) is 0 Å². The molecule has 2 aromatic rings. The van der Waals surface area contributed by atoms with E-state index in [1.165, 1.54) is 11.5 Å². The van der Waals surface area contributed by atoms with E-state index in [-0.39, 0.29) is 5.41 Å². The standard InChI is InChI=1S/C12H18N4OS/c1-5-16-6-8(13-7-16)9(17)10-11(12(2,3)4)14-15-18-10/h6-7,9,17H,5H2,1-4H3. The molecule has 2 heterocycles. The van der Waals surface area contributed by atoms with Crippen LogP contribution in [0.2, 0.25) is 0 Å². The van der Waals surface area contributed by atoms with Gasteiger partial charge in [-0.3, -0.25) is 0 Å². The Morgan fingerprint density at radius 2 is 2.17 bits per heavy atom. The van der Waals surface area contributed by atoms with Gasteiger partial charge in [0.05, 0.1) is 22.6 Å². The van der Waals surface area contributed by atoms with Crippen LogP contribution in [-0.4, -0.2) is 24.2 Å². The zero-order chi connectivity index (χ0) is 13.3. The molecule has 18 heavy (non-hydrogen) atoms. The maximum Gasteiger partial charge on any atom is 0.135 e. The van der Waals surface area contributed by atoms with Crippen LogP contribution in [0.4, 0.5) is 0 Å². The van der Waals surface area contributed by atoms with Gasteiger partial charge in [-0.2, -0.15) is 0 Å². The molecule has 0 aliphatic rings. The second-order valence-electron chi connectivity index (χ2n) is 5.27. The van der Waals surface area contributed by atoms with Gasteiger partial charge in [0, 0.05) is 18.2 Å². The molecule has 0 bridgehead atoms. The number of imidazole rings is 1. The SMILES string of the molecule is CCn1cnc(C(O)c2snnc2C(C)(C)C)c1. The summed E-state index contributed by atoms with van der Waals surface area (Å²) >= 11 is 1.24. The first-order chi connectivity index (χ1) is 8.43. The van der Waals surface area contributed by atoms with Crippen molar-refractivity contribution in [3.63, 3.8) is 0 Å². The number of aliphatic hydroxyl groups is 1. The quantitative estimate of drug-likeness (QED) is 0.924. The van der Waals surface area contributed by atoms with Gasteiger partial charge in [-0.1, -0.05) is 25.3 Å². The Kier molecular flexibility index (Phi) is 3.49. The molecule has 0 saturated heterocycles. The second kappa shape index (κ2) is 4.78. The smallest absolute Gasteiger partial charge is 0.135 e. The molecule has 98 valence electrons. The van der Waals surface area contributed by atoms with Gasteiger partial charge in [0.15, 0.2) is 0 Å². The maximum absolute atomic E-state index is 10.4. The summed E-state index contributed by atoms with van der Waals surface area (Å²) in [5, 5.41) is 14.5. The fourth-order valence-corrected chi connectivity index (χ4v) is 2.59. The van der Waals surface area contributed by atoms with Crippen LogP contribution in [0, 0.1) is 0 Å². The Balaban J connectivity index is 2.34. The first kappa shape index (κ1) is 13.2. The highest BCUT2D eigenvalue weighted by molar-refractivity contribution is 7.05. The molecule has 5 nitrogen and oxygen atoms in total. The lowest BCUT2D eigenvalue weighted by Gasteiger charge is -2.18. The molecule has 0 radical (unpaired) electrons. The number of hydrogen-bond acceptors (Lipinski definition) is 5. The number of hydrogen-bond donors (Lipinski definition) is 1. The van der Waals surface area contributed by atoms with Crippen LogP contribution in [0.15, 0.2) is 12.5 Å². The average molecular weight is 266 g/mol. The van der Waals surface area contributed by atoms with Crippen molar-refractivity contribution in [3.05, 3.63) is 28.8 Å². The molecule has 0 saturated carbocycles. The van der Waals surface area contributed by atoms with Crippen molar-refractivity contribution in [2.45, 2.75) is 45.8 Å². The molecule has 6 heteroatoms. The number of aryl methyl sites for hydroxylation is 1. The van der Waals surface area contributed by atoms with E-state index in [1.54, 1.807) is 6.33 Å². The average Bonchev–Trinajstić information content (AvgIpc) is 2.96. The van der Waals surface area contributed by atoms with Crippen LogP contribution in [0.5, 0.6) is 0 Å². The molecule has 0 aliphatic carbocycles. The summed E-state index contributed by atoms with van der Waals surface area (Å²) in [4.78, 5) is 5.01. The first-order valence-electron chi connectivity index (χ1n) is 5.96.